The molecule has 0 radical (unpaired) electrons. The van der Waals surface area contributed by atoms with Crippen LogP contribution < -0.4 is 4.74 Å². The van der Waals surface area contributed by atoms with Crippen LogP contribution in [0.4, 0.5) is 0 Å². The maximum absolute atomic E-state index is 5.53. The normalized spacial score (nSPS) is 16.0. The van der Waals surface area contributed by atoms with Gasteiger partial charge in [-0.25, -0.2) is 0 Å². The second-order valence-corrected chi connectivity index (χ2v) is 5.98. The van der Waals surface area contributed by atoms with Crippen LogP contribution in [0.1, 0.15) is 36.8 Å². The van der Waals surface area contributed by atoms with Crippen molar-refractivity contribution in [2.24, 2.45) is 0 Å². The number of nitrogens with zero attached hydrogens (tertiary/aromatic N) is 1. The Bertz CT molecular complexity index is 639. The standard InChI is InChI=1S/C19H25NO2/c1-4-20-12-17(15-8-10-22-11-9-15)18(13-20)16-6-5-7-19(21-3)14(16)2/h5-7,12-13,15H,4,8-11H2,1-3H3. The third kappa shape index (κ3) is 2.78. The Morgan fingerprint density at radius 2 is 1.95 bits per heavy atom. The number of methoxy groups -OCH3 is 1. The zero-order valence-corrected chi connectivity index (χ0v) is 13.8. The zero-order valence-electron chi connectivity index (χ0n) is 13.8. The first kappa shape index (κ1) is 15.2. The summed E-state index contributed by atoms with van der Waals surface area (Å²) >= 11 is 0. The molecule has 0 aliphatic carbocycles. The van der Waals surface area contributed by atoms with E-state index in [1.165, 1.54) is 22.3 Å². The molecule has 2 heterocycles. The van der Waals surface area contributed by atoms with Gasteiger partial charge in [0.1, 0.15) is 5.75 Å². The molecule has 1 saturated heterocycles. The highest BCUT2D eigenvalue weighted by Crippen LogP contribution is 2.38. The van der Waals surface area contributed by atoms with E-state index in [-0.39, 0.29) is 0 Å². The monoisotopic (exact) mass is 299 g/mol. The van der Waals surface area contributed by atoms with E-state index in [1.807, 2.05) is 6.07 Å². The second-order valence-electron chi connectivity index (χ2n) is 5.98. The van der Waals surface area contributed by atoms with Crippen LogP contribution >= 0.6 is 0 Å². The van der Waals surface area contributed by atoms with E-state index >= 15 is 0 Å². The summed E-state index contributed by atoms with van der Waals surface area (Å²) in [4.78, 5) is 0. The molecular weight excluding hydrogens is 274 g/mol. The molecule has 1 aliphatic heterocycles. The van der Waals surface area contributed by atoms with E-state index in [0.717, 1.165) is 38.3 Å². The van der Waals surface area contributed by atoms with Crippen molar-refractivity contribution < 1.29 is 9.47 Å². The Kier molecular flexibility index (Phi) is 4.53. The van der Waals surface area contributed by atoms with Gasteiger partial charge in [-0.2, -0.15) is 0 Å². The van der Waals surface area contributed by atoms with Crippen LogP contribution in [-0.2, 0) is 11.3 Å². The first-order chi connectivity index (χ1) is 10.7. The second kappa shape index (κ2) is 6.57. The highest BCUT2D eigenvalue weighted by Gasteiger charge is 2.22. The lowest BCUT2D eigenvalue weighted by Gasteiger charge is -2.23. The van der Waals surface area contributed by atoms with Gasteiger partial charge in [0.05, 0.1) is 7.11 Å². The topological polar surface area (TPSA) is 23.4 Å². The van der Waals surface area contributed by atoms with Gasteiger partial charge in [-0.1, -0.05) is 12.1 Å². The Balaban J connectivity index is 2.07. The van der Waals surface area contributed by atoms with Crippen molar-refractivity contribution >= 4 is 0 Å². The molecule has 0 atom stereocenters. The molecule has 22 heavy (non-hydrogen) atoms. The van der Waals surface area contributed by atoms with Gasteiger partial charge < -0.3 is 14.0 Å². The minimum Gasteiger partial charge on any atom is -0.496 e. The summed E-state index contributed by atoms with van der Waals surface area (Å²) in [6, 6.07) is 6.32. The van der Waals surface area contributed by atoms with Crippen molar-refractivity contribution in [1.29, 1.82) is 0 Å². The highest BCUT2D eigenvalue weighted by atomic mass is 16.5. The summed E-state index contributed by atoms with van der Waals surface area (Å²) < 4.78 is 13.3. The minimum atomic E-state index is 0.599. The first-order valence-electron chi connectivity index (χ1n) is 8.16. The molecule has 3 heteroatoms. The van der Waals surface area contributed by atoms with Crippen LogP contribution in [0.3, 0.4) is 0 Å². The van der Waals surface area contributed by atoms with Crippen LogP contribution in [-0.4, -0.2) is 24.9 Å². The van der Waals surface area contributed by atoms with Crippen molar-refractivity contribution in [3.8, 4) is 16.9 Å². The molecule has 3 nitrogen and oxygen atoms in total. The number of ether oxygens (including phenoxy) is 2. The molecule has 0 unspecified atom stereocenters. The van der Waals surface area contributed by atoms with E-state index in [9.17, 15) is 0 Å². The average Bonchev–Trinajstić information content (AvgIpc) is 3.00. The van der Waals surface area contributed by atoms with Crippen molar-refractivity contribution in [2.75, 3.05) is 20.3 Å². The third-order valence-electron chi connectivity index (χ3n) is 4.73. The number of benzene rings is 1. The maximum atomic E-state index is 5.53. The molecule has 0 saturated carbocycles. The van der Waals surface area contributed by atoms with E-state index in [0.29, 0.717) is 5.92 Å². The fraction of sp³-hybridized carbons (Fsp3) is 0.474. The fourth-order valence-electron chi connectivity index (χ4n) is 3.39. The quantitative estimate of drug-likeness (QED) is 0.836. The molecule has 2 aromatic rings. The van der Waals surface area contributed by atoms with Gasteiger partial charge in [0, 0.05) is 37.7 Å². The number of hydrogen-bond donors (Lipinski definition) is 0. The molecule has 1 aromatic carbocycles. The number of aryl methyl sites for hydroxylation is 1. The lowest BCUT2D eigenvalue weighted by Crippen LogP contribution is -2.14. The van der Waals surface area contributed by atoms with Crippen LogP contribution in [0.25, 0.3) is 11.1 Å². The molecular formula is C19H25NO2. The van der Waals surface area contributed by atoms with Crippen LogP contribution in [0.2, 0.25) is 0 Å². The summed E-state index contributed by atoms with van der Waals surface area (Å²) in [6.45, 7) is 7.08. The summed E-state index contributed by atoms with van der Waals surface area (Å²) in [7, 11) is 1.74. The molecule has 118 valence electrons. The molecule has 0 amide bonds. The van der Waals surface area contributed by atoms with Gasteiger partial charge in [-0.05, 0) is 55.4 Å². The molecule has 1 aliphatic rings. The Morgan fingerprint density at radius 3 is 2.64 bits per heavy atom. The number of hydrogen-bond acceptors (Lipinski definition) is 2. The molecule has 1 aromatic heterocycles. The summed E-state index contributed by atoms with van der Waals surface area (Å²) in [6.07, 6.45) is 6.84. The summed E-state index contributed by atoms with van der Waals surface area (Å²) in [5.41, 5.74) is 5.31. The largest absolute Gasteiger partial charge is 0.496 e. The van der Waals surface area contributed by atoms with Crippen molar-refractivity contribution in [3.05, 3.63) is 41.7 Å². The van der Waals surface area contributed by atoms with Crippen LogP contribution in [0.15, 0.2) is 30.6 Å². The number of aromatic nitrogens is 1. The smallest absolute Gasteiger partial charge is 0.122 e. The van der Waals surface area contributed by atoms with Gasteiger partial charge in [-0.15, -0.1) is 0 Å². The molecule has 3 rings (SSSR count). The predicted molar refractivity (Wildman–Crippen MR) is 89.6 cm³/mol. The highest BCUT2D eigenvalue weighted by molar-refractivity contribution is 5.73. The average molecular weight is 299 g/mol. The first-order valence-corrected chi connectivity index (χ1v) is 8.16. The molecule has 0 bridgehead atoms. The zero-order chi connectivity index (χ0) is 15.5. The molecule has 0 spiro atoms. The van der Waals surface area contributed by atoms with E-state index in [4.69, 9.17) is 9.47 Å². The lowest BCUT2D eigenvalue weighted by atomic mass is 9.88. The van der Waals surface area contributed by atoms with E-state index in [2.05, 4.69) is 42.9 Å². The van der Waals surface area contributed by atoms with Gasteiger partial charge in [0.2, 0.25) is 0 Å². The van der Waals surface area contributed by atoms with Crippen LogP contribution in [0.5, 0.6) is 5.75 Å². The van der Waals surface area contributed by atoms with Crippen molar-refractivity contribution in [3.63, 3.8) is 0 Å². The number of rotatable bonds is 4. The van der Waals surface area contributed by atoms with Crippen LogP contribution in [0, 0.1) is 6.92 Å². The SMILES string of the molecule is CCn1cc(-c2cccc(OC)c2C)c(C2CCOCC2)c1. The summed E-state index contributed by atoms with van der Waals surface area (Å²) in [5.74, 6) is 1.56. The molecule has 1 fully saturated rings. The lowest BCUT2D eigenvalue weighted by molar-refractivity contribution is 0.0854. The van der Waals surface area contributed by atoms with E-state index < -0.39 is 0 Å². The van der Waals surface area contributed by atoms with Gasteiger partial charge in [0.15, 0.2) is 0 Å². The Labute approximate surface area is 132 Å². The van der Waals surface area contributed by atoms with E-state index in [1.54, 1.807) is 7.11 Å². The molecule has 0 N–H and O–H groups in total. The Morgan fingerprint density at radius 1 is 1.18 bits per heavy atom. The predicted octanol–water partition coefficient (Wildman–Crippen LogP) is 4.39. The Hall–Kier alpha value is -1.74. The minimum absolute atomic E-state index is 0.599. The van der Waals surface area contributed by atoms with Gasteiger partial charge >= 0.3 is 0 Å². The van der Waals surface area contributed by atoms with Crippen molar-refractivity contribution in [1.82, 2.24) is 4.57 Å². The summed E-state index contributed by atoms with van der Waals surface area (Å²) in [5, 5.41) is 0. The maximum Gasteiger partial charge on any atom is 0.122 e. The van der Waals surface area contributed by atoms with Gasteiger partial charge in [-0.3, -0.25) is 0 Å². The fourth-order valence-corrected chi connectivity index (χ4v) is 3.39. The van der Waals surface area contributed by atoms with Gasteiger partial charge in [0.25, 0.3) is 0 Å². The van der Waals surface area contributed by atoms with Crippen molar-refractivity contribution in [2.45, 2.75) is 39.2 Å². The third-order valence-corrected chi connectivity index (χ3v) is 4.73.